The fourth-order valence-corrected chi connectivity index (χ4v) is 3.95. The van der Waals surface area contributed by atoms with Gasteiger partial charge in [-0.2, -0.15) is 0 Å². The molecule has 1 atom stereocenters. The third kappa shape index (κ3) is 3.98. The molecule has 0 fully saturated rings. The van der Waals surface area contributed by atoms with Gasteiger partial charge in [0.1, 0.15) is 0 Å². The van der Waals surface area contributed by atoms with Gasteiger partial charge in [-0.15, -0.1) is 0 Å². The Hall–Kier alpha value is -2.70. The molecular weight excluding hydrogens is 379 g/mol. The van der Waals surface area contributed by atoms with Crippen molar-refractivity contribution in [2.24, 2.45) is 0 Å². The summed E-state index contributed by atoms with van der Waals surface area (Å²) in [6.07, 6.45) is 0. The Balaban J connectivity index is 2.30. The quantitative estimate of drug-likeness (QED) is 0.334. The number of nitrogen functional groups attached to an aromatic ring is 1. The average molecular weight is 394 g/mol. The van der Waals surface area contributed by atoms with Gasteiger partial charge in [-0.1, -0.05) is 0 Å². The van der Waals surface area contributed by atoms with Crippen LogP contribution < -0.4 is 15.4 Å². The zero-order valence-electron chi connectivity index (χ0n) is 12.6. The van der Waals surface area contributed by atoms with Crippen molar-refractivity contribution >= 4 is 41.8 Å². The second kappa shape index (κ2) is 6.82. The van der Waals surface area contributed by atoms with Crippen molar-refractivity contribution in [3.63, 3.8) is 0 Å². The summed E-state index contributed by atoms with van der Waals surface area (Å²) in [7, 11) is 0. The van der Waals surface area contributed by atoms with E-state index in [9.17, 15) is 22.5 Å². The Morgan fingerprint density at radius 2 is 1.88 bits per heavy atom. The summed E-state index contributed by atoms with van der Waals surface area (Å²) in [5.74, 6) is -1.80. The van der Waals surface area contributed by atoms with Crippen molar-refractivity contribution in [3.8, 4) is 5.75 Å². The van der Waals surface area contributed by atoms with Gasteiger partial charge >= 0.3 is 140 Å². The normalized spacial score (nSPS) is 12.9. The number of hydrogen-bond acceptors (Lipinski definition) is 6. The van der Waals surface area contributed by atoms with Gasteiger partial charge in [0, 0.05) is 0 Å². The summed E-state index contributed by atoms with van der Waals surface area (Å²) in [5.41, 5.74) is 5.65. The van der Waals surface area contributed by atoms with Crippen LogP contribution in [0.2, 0.25) is 0 Å². The van der Waals surface area contributed by atoms with Crippen LogP contribution in [0.25, 0.3) is 0 Å². The molecule has 0 saturated carbocycles. The first-order valence-corrected chi connectivity index (χ1v) is 10.0. The number of carbonyl (C=O) groups is 2. The average Bonchev–Trinajstić information content (AvgIpc) is 2.48. The molecule has 0 aromatic heterocycles. The summed E-state index contributed by atoms with van der Waals surface area (Å²) in [4.78, 5) is 23.1. The number of para-hydroxylation sites is 1. The number of phenols is 1. The number of carbonyl (C=O) groups excluding carboxylic acids is 2. The topological polar surface area (TPSA) is 139 Å². The van der Waals surface area contributed by atoms with Gasteiger partial charge in [-0.3, -0.25) is 0 Å². The molecule has 9 heteroatoms. The summed E-state index contributed by atoms with van der Waals surface area (Å²) >= 11 is -5.26. The summed E-state index contributed by atoms with van der Waals surface area (Å²) in [6, 6.07) is 9.32. The van der Waals surface area contributed by atoms with E-state index in [1.54, 1.807) is 6.07 Å². The van der Waals surface area contributed by atoms with E-state index >= 15 is 0 Å². The number of hydrogen-bond donors (Lipinski definition) is 4. The molecule has 2 aromatic rings. The first-order chi connectivity index (χ1) is 11.2. The molecule has 1 amide bonds. The summed E-state index contributed by atoms with van der Waals surface area (Å²) in [5, 5.41) is 12.0. The van der Waals surface area contributed by atoms with E-state index in [1.807, 2.05) is 0 Å². The molecule has 2 aromatic carbocycles. The van der Waals surface area contributed by atoms with E-state index in [2.05, 4.69) is 5.32 Å². The van der Waals surface area contributed by atoms with Gasteiger partial charge in [-0.05, 0) is 0 Å². The van der Waals surface area contributed by atoms with Crippen LogP contribution >= 0.6 is 0 Å². The van der Waals surface area contributed by atoms with Crippen LogP contribution in [0.3, 0.4) is 0 Å². The molecule has 0 radical (unpaired) electrons. The Morgan fingerprint density at radius 3 is 2.50 bits per heavy atom. The minimum atomic E-state index is -5.26. The number of benzene rings is 2. The first kappa shape index (κ1) is 17.6. The first-order valence-electron chi connectivity index (χ1n) is 6.73. The van der Waals surface area contributed by atoms with E-state index in [0.29, 0.717) is 0 Å². The molecule has 8 nitrogen and oxygen atoms in total. The molecule has 0 aliphatic heterocycles. The van der Waals surface area contributed by atoms with Crippen LogP contribution in [0.5, 0.6) is 5.75 Å². The minimum absolute atomic E-state index is 0.0333. The second-order valence-electron chi connectivity index (χ2n) is 4.87. The van der Waals surface area contributed by atoms with E-state index in [1.165, 1.54) is 25.1 Å². The molecule has 0 spiro atoms. The standard InChI is InChI=1S/C15H15AsN2O6/c1-9(19)18-13-8-10(6-7-14(13)20)16(22,23)24-15(21)11-4-2-3-5-12(11)17/h2-8,20H,17H2,1H3,(H,18,19)(H,22,23). The van der Waals surface area contributed by atoms with Crippen LogP contribution in [-0.2, 0) is 12.3 Å². The number of phenolic OH excluding ortho intramolecular Hbond substituents is 1. The van der Waals surface area contributed by atoms with Crippen LogP contribution in [0.15, 0.2) is 42.5 Å². The third-order valence-corrected chi connectivity index (χ3v) is 5.82. The fourth-order valence-electron chi connectivity index (χ4n) is 1.89. The molecule has 0 heterocycles. The van der Waals surface area contributed by atoms with Gasteiger partial charge in [0.05, 0.1) is 0 Å². The maximum absolute atomic E-state index is 12.4. The molecule has 126 valence electrons. The zero-order valence-corrected chi connectivity index (χ0v) is 14.5. The number of amides is 1. The van der Waals surface area contributed by atoms with E-state index in [0.717, 1.165) is 18.2 Å². The van der Waals surface area contributed by atoms with Gasteiger partial charge in [-0.25, -0.2) is 0 Å². The Labute approximate surface area is 140 Å². The number of aromatic hydroxyl groups is 1. The van der Waals surface area contributed by atoms with E-state index < -0.39 is 26.0 Å². The number of nitrogens with two attached hydrogens (primary N) is 1. The molecule has 5 N–H and O–H groups in total. The number of rotatable bonds is 4. The zero-order chi connectivity index (χ0) is 17.9. The maximum atomic E-state index is 12.4. The Bertz CT molecular complexity index is 852. The van der Waals surface area contributed by atoms with E-state index in [4.69, 9.17) is 9.46 Å². The van der Waals surface area contributed by atoms with Crippen molar-refractivity contribution < 1.29 is 26.3 Å². The molecule has 24 heavy (non-hydrogen) atoms. The van der Waals surface area contributed by atoms with Gasteiger partial charge in [0.15, 0.2) is 0 Å². The van der Waals surface area contributed by atoms with Gasteiger partial charge in [0.25, 0.3) is 0 Å². The van der Waals surface area contributed by atoms with Crippen molar-refractivity contribution in [2.75, 3.05) is 11.1 Å². The Kier molecular flexibility index (Phi) is 5.01. The molecular formula is C15H15AsN2O6. The second-order valence-corrected chi connectivity index (χ2v) is 8.52. The fraction of sp³-hybridized carbons (Fsp3) is 0.0667. The molecule has 1 unspecified atom stereocenters. The summed E-state index contributed by atoms with van der Waals surface area (Å²) < 4.78 is 27.0. The van der Waals surface area contributed by atoms with Crippen molar-refractivity contribution in [3.05, 3.63) is 48.0 Å². The van der Waals surface area contributed by atoms with Crippen molar-refractivity contribution in [1.82, 2.24) is 0 Å². The molecule has 0 saturated heterocycles. The van der Waals surface area contributed by atoms with Gasteiger partial charge < -0.3 is 0 Å². The van der Waals surface area contributed by atoms with E-state index in [-0.39, 0.29) is 27.0 Å². The van der Waals surface area contributed by atoms with Gasteiger partial charge in [0.2, 0.25) is 0 Å². The number of nitrogens with one attached hydrogen (secondary N) is 1. The molecule has 0 bridgehead atoms. The monoisotopic (exact) mass is 394 g/mol. The van der Waals surface area contributed by atoms with Crippen LogP contribution in [0.1, 0.15) is 17.3 Å². The molecule has 0 aliphatic rings. The predicted molar refractivity (Wildman–Crippen MR) is 87.0 cm³/mol. The SMILES string of the molecule is CC(=O)Nc1cc([As](=O)(O)OC(=O)c2ccccc2N)ccc1O. The molecule has 0 aliphatic carbocycles. The number of anilines is 2. The Morgan fingerprint density at radius 1 is 1.21 bits per heavy atom. The van der Waals surface area contributed by atoms with Crippen molar-refractivity contribution in [2.45, 2.75) is 6.92 Å². The third-order valence-electron chi connectivity index (χ3n) is 3.00. The van der Waals surface area contributed by atoms with Crippen molar-refractivity contribution in [1.29, 1.82) is 0 Å². The van der Waals surface area contributed by atoms with Crippen LogP contribution in [-0.4, -0.2) is 35.3 Å². The molecule has 2 rings (SSSR count). The predicted octanol–water partition coefficient (Wildman–Crippen LogP) is 0.358. The van der Waals surface area contributed by atoms with Crippen LogP contribution in [0, 0.1) is 0 Å². The van der Waals surface area contributed by atoms with Crippen LogP contribution in [0.4, 0.5) is 11.4 Å². The summed E-state index contributed by atoms with van der Waals surface area (Å²) in [6.45, 7) is 1.22.